The third-order valence-corrected chi connectivity index (χ3v) is 5.86. The maximum absolute atomic E-state index is 12.4. The van der Waals surface area contributed by atoms with Crippen LogP contribution < -0.4 is 5.32 Å². The van der Waals surface area contributed by atoms with Gasteiger partial charge in [-0.2, -0.15) is 11.8 Å². The van der Waals surface area contributed by atoms with Crippen LogP contribution in [0.4, 0.5) is 4.79 Å². The molecular weight excluding hydrogens is 288 g/mol. The fourth-order valence-electron chi connectivity index (χ4n) is 3.78. The number of nitrogens with zero attached hydrogens (tertiary/aromatic N) is 1. The topological polar surface area (TPSA) is 69.6 Å². The number of aliphatic carboxylic acids is 1. The second-order valence-corrected chi connectivity index (χ2v) is 7.40. The van der Waals surface area contributed by atoms with Gasteiger partial charge in [-0.15, -0.1) is 0 Å². The van der Waals surface area contributed by atoms with E-state index in [0.29, 0.717) is 5.92 Å². The number of carboxylic acid groups (broad SMARTS) is 1. The molecule has 120 valence electrons. The number of carbonyl (C=O) groups is 2. The molecule has 2 aliphatic carbocycles. The molecule has 0 aromatic heterocycles. The van der Waals surface area contributed by atoms with Gasteiger partial charge < -0.3 is 15.3 Å². The van der Waals surface area contributed by atoms with Gasteiger partial charge in [-0.05, 0) is 56.5 Å². The minimum Gasteiger partial charge on any atom is -0.481 e. The lowest BCUT2D eigenvalue weighted by Gasteiger charge is -2.32. The molecule has 2 bridgehead atoms. The van der Waals surface area contributed by atoms with Crippen LogP contribution in [0.15, 0.2) is 0 Å². The Kier molecular flexibility index (Phi) is 5.41. The van der Waals surface area contributed by atoms with Crippen LogP contribution in [-0.4, -0.2) is 53.1 Å². The number of carboxylic acids is 1. The maximum atomic E-state index is 12.4. The van der Waals surface area contributed by atoms with Crippen molar-refractivity contribution in [3.05, 3.63) is 0 Å². The number of urea groups is 1. The summed E-state index contributed by atoms with van der Waals surface area (Å²) < 4.78 is 0. The molecule has 2 N–H and O–H groups in total. The van der Waals surface area contributed by atoms with Gasteiger partial charge in [0.05, 0.1) is 5.92 Å². The van der Waals surface area contributed by atoms with Crippen molar-refractivity contribution >= 4 is 23.8 Å². The highest BCUT2D eigenvalue weighted by Crippen LogP contribution is 2.48. The second-order valence-electron chi connectivity index (χ2n) is 6.41. The van der Waals surface area contributed by atoms with Crippen molar-refractivity contribution in [2.45, 2.75) is 44.7 Å². The van der Waals surface area contributed by atoms with E-state index in [-0.39, 0.29) is 24.0 Å². The smallest absolute Gasteiger partial charge is 0.317 e. The van der Waals surface area contributed by atoms with Gasteiger partial charge in [0.15, 0.2) is 0 Å². The molecule has 2 amide bonds. The third-order valence-electron chi connectivity index (χ3n) is 5.21. The van der Waals surface area contributed by atoms with Gasteiger partial charge in [0, 0.05) is 19.1 Å². The van der Waals surface area contributed by atoms with Crippen LogP contribution in [0.2, 0.25) is 0 Å². The molecule has 2 saturated carbocycles. The molecule has 0 spiro atoms. The molecule has 0 saturated heterocycles. The summed E-state index contributed by atoms with van der Waals surface area (Å²) in [6.07, 6.45) is 6.00. The van der Waals surface area contributed by atoms with Gasteiger partial charge in [-0.3, -0.25) is 4.79 Å². The van der Waals surface area contributed by atoms with Crippen LogP contribution in [-0.2, 0) is 4.79 Å². The zero-order valence-electron chi connectivity index (χ0n) is 13.0. The van der Waals surface area contributed by atoms with E-state index < -0.39 is 11.9 Å². The van der Waals surface area contributed by atoms with Crippen LogP contribution in [0.3, 0.4) is 0 Å². The summed E-state index contributed by atoms with van der Waals surface area (Å²) in [5, 5.41) is 12.4. The summed E-state index contributed by atoms with van der Waals surface area (Å²) in [6.45, 7) is 2.03. The average molecular weight is 314 g/mol. The first kappa shape index (κ1) is 16.5. The second kappa shape index (κ2) is 6.90. The van der Waals surface area contributed by atoms with Gasteiger partial charge in [-0.25, -0.2) is 4.79 Å². The summed E-state index contributed by atoms with van der Waals surface area (Å²) >= 11 is 1.77. The van der Waals surface area contributed by atoms with Crippen molar-refractivity contribution in [2.75, 3.05) is 19.1 Å². The van der Waals surface area contributed by atoms with E-state index in [1.165, 1.54) is 0 Å². The molecule has 2 rings (SSSR count). The molecule has 5 unspecified atom stereocenters. The number of rotatable bonds is 6. The van der Waals surface area contributed by atoms with E-state index in [2.05, 4.69) is 11.6 Å². The Morgan fingerprint density at radius 1 is 1.38 bits per heavy atom. The molecule has 0 aliphatic heterocycles. The van der Waals surface area contributed by atoms with Gasteiger partial charge in [0.1, 0.15) is 0 Å². The van der Waals surface area contributed by atoms with Crippen molar-refractivity contribution in [2.24, 2.45) is 17.8 Å². The summed E-state index contributed by atoms with van der Waals surface area (Å²) in [4.78, 5) is 25.5. The number of thioether (sulfide) groups is 1. The lowest BCUT2D eigenvalue weighted by atomic mass is 9.84. The summed E-state index contributed by atoms with van der Waals surface area (Å²) in [7, 11) is 1.79. The lowest BCUT2D eigenvalue weighted by Crippen LogP contribution is -2.52. The number of hydrogen-bond acceptors (Lipinski definition) is 3. The first-order valence-electron chi connectivity index (χ1n) is 7.70. The first-order valence-corrected chi connectivity index (χ1v) is 9.10. The van der Waals surface area contributed by atoms with E-state index in [1.807, 2.05) is 6.92 Å². The molecular formula is C15H26N2O3S. The first-order chi connectivity index (χ1) is 9.95. The third kappa shape index (κ3) is 3.47. The van der Waals surface area contributed by atoms with Crippen LogP contribution in [0.5, 0.6) is 0 Å². The Bertz CT molecular complexity index is 404. The number of hydrogen-bond donors (Lipinski definition) is 2. The molecule has 0 aromatic carbocycles. The Labute approximate surface area is 130 Å². The largest absolute Gasteiger partial charge is 0.481 e. The average Bonchev–Trinajstić information content (AvgIpc) is 3.04. The quantitative estimate of drug-likeness (QED) is 0.789. The Morgan fingerprint density at radius 3 is 2.67 bits per heavy atom. The van der Waals surface area contributed by atoms with Crippen LogP contribution >= 0.6 is 11.8 Å². The maximum Gasteiger partial charge on any atom is 0.317 e. The van der Waals surface area contributed by atoms with Crippen molar-refractivity contribution in [1.29, 1.82) is 0 Å². The van der Waals surface area contributed by atoms with Gasteiger partial charge in [-0.1, -0.05) is 0 Å². The zero-order valence-corrected chi connectivity index (χ0v) is 13.9. The molecule has 6 heteroatoms. The molecule has 5 atom stereocenters. The fourth-order valence-corrected chi connectivity index (χ4v) is 4.36. The Morgan fingerprint density at radius 2 is 2.05 bits per heavy atom. The predicted molar refractivity (Wildman–Crippen MR) is 84.5 cm³/mol. The lowest BCUT2D eigenvalue weighted by molar-refractivity contribution is -0.144. The Hall–Kier alpha value is -0.910. The summed E-state index contributed by atoms with van der Waals surface area (Å²) in [6, 6.07) is -0.157. The van der Waals surface area contributed by atoms with E-state index in [4.69, 9.17) is 0 Å². The zero-order chi connectivity index (χ0) is 15.6. The highest BCUT2D eigenvalue weighted by Gasteiger charge is 2.51. The number of amides is 2. The van der Waals surface area contributed by atoms with E-state index in [9.17, 15) is 14.7 Å². The molecule has 0 radical (unpaired) electrons. The molecule has 21 heavy (non-hydrogen) atoms. The standard InChI is InChI=1S/C15H26N2O3S/c1-9(6-7-21-3)17(2)15(20)16-13-11-5-4-10(8-11)12(13)14(18)19/h9-13H,4-8H2,1-3H3,(H,16,20)(H,18,19). The van der Waals surface area contributed by atoms with Crippen LogP contribution in [0.1, 0.15) is 32.6 Å². The van der Waals surface area contributed by atoms with Crippen molar-refractivity contribution in [1.82, 2.24) is 10.2 Å². The molecule has 5 nitrogen and oxygen atoms in total. The van der Waals surface area contributed by atoms with E-state index in [0.717, 1.165) is 31.4 Å². The van der Waals surface area contributed by atoms with Crippen molar-refractivity contribution in [3.63, 3.8) is 0 Å². The van der Waals surface area contributed by atoms with Crippen LogP contribution in [0, 0.1) is 17.8 Å². The highest BCUT2D eigenvalue weighted by atomic mass is 32.2. The fraction of sp³-hybridized carbons (Fsp3) is 0.867. The minimum atomic E-state index is -0.759. The molecule has 0 aromatic rings. The number of carbonyl (C=O) groups excluding carboxylic acids is 1. The molecule has 0 heterocycles. The van der Waals surface area contributed by atoms with Gasteiger partial charge in [0.2, 0.25) is 0 Å². The van der Waals surface area contributed by atoms with E-state index in [1.54, 1.807) is 23.7 Å². The SMILES string of the molecule is CSCCC(C)N(C)C(=O)NC1C2CCC(C2)C1C(=O)O. The van der Waals surface area contributed by atoms with Crippen molar-refractivity contribution < 1.29 is 14.7 Å². The van der Waals surface area contributed by atoms with E-state index >= 15 is 0 Å². The summed E-state index contributed by atoms with van der Waals surface area (Å²) in [5.41, 5.74) is 0. The highest BCUT2D eigenvalue weighted by molar-refractivity contribution is 7.98. The van der Waals surface area contributed by atoms with Crippen LogP contribution in [0.25, 0.3) is 0 Å². The minimum absolute atomic E-state index is 0.132. The van der Waals surface area contributed by atoms with Gasteiger partial charge in [0.25, 0.3) is 0 Å². The van der Waals surface area contributed by atoms with Crippen molar-refractivity contribution in [3.8, 4) is 0 Å². The number of fused-ring (bicyclic) bond motifs is 2. The van der Waals surface area contributed by atoms with Gasteiger partial charge >= 0.3 is 12.0 Å². The molecule has 2 fully saturated rings. The Balaban J connectivity index is 1.93. The predicted octanol–water partition coefficient (Wildman–Crippen LogP) is 2.27. The normalized spacial score (nSPS) is 32.0. The molecule has 2 aliphatic rings. The monoisotopic (exact) mass is 314 g/mol. The summed E-state index contributed by atoms with van der Waals surface area (Å²) in [5.74, 6) is 0.449. The number of nitrogens with one attached hydrogen (secondary N) is 1.